The van der Waals surface area contributed by atoms with Crippen LogP contribution >= 0.6 is 0 Å². The largest absolute Gasteiger partial charge is 0.304 e. The molecule has 0 saturated carbocycles. The van der Waals surface area contributed by atoms with E-state index in [2.05, 4.69) is 5.10 Å². The fourth-order valence-corrected chi connectivity index (χ4v) is 2.69. The maximum atomic E-state index is 13.4. The molecule has 2 heterocycles. The molecule has 0 N–H and O–H groups in total. The second-order valence-electron chi connectivity index (χ2n) is 5.10. The van der Waals surface area contributed by atoms with E-state index in [1.165, 1.54) is 11.0 Å². The molecule has 1 aliphatic rings. The molecule has 108 valence electrons. The van der Waals surface area contributed by atoms with Crippen molar-refractivity contribution < 1.29 is 14.0 Å². The first-order valence-corrected chi connectivity index (χ1v) is 6.62. The van der Waals surface area contributed by atoms with Gasteiger partial charge in [0, 0.05) is 31.9 Å². The molecule has 0 atom stereocenters. The van der Waals surface area contributed by atoms with Gasteiger partial charge in [-0.1, -0.05) is 0 Å². The molecule has 0 unspecified atom stereocenters. The van der Waals surface area contributed by atoms with Gasteiger partial charge in [-0.2, -0.15) is 5.10 Å². The highest BCUT2D eigenvalue weighted by atomic mass is 19.1. The van der Waals surface area contributed by atoms with Gasteiger partial charge in [0.15, 0.2) is 0 Å². The minimum atomic E-state index is -0.641. The second kappa shape index (κ2) is 4.80. The van der Waals surface area contributed by atoms with Gasteiger partial charge in [0.25, 0.3) is 11.7 Å². The van der Waals surface area contributed by atoms with Crippen molar-refractivity contribution in [2.75, 3.05) is 11.4 Å². The van der Waals surface area contributed by atoms with Gasteiger partial charge >= 0.3 is 0 Å². The molecule has 0 aliphatic carbocycles. The van der Waals surface area contributed by atoms with Crippen molar-refractivity contribution in [3.8, 4) is 0 Å². The first-order chi connectivity index (χ1) is 9.99. The smallest absolute Gasteiger partial charge is 0.299 e. The zero-order valence-electron chi connectivity index (χ0n) is 11.8. The molecule has 1 aromatic carbocycles. The normalized spacial score (nSPS) is 14.0. The molecular weight excluding hydrogens is 273 g/mol. The number of hydrogen-bond acceptors (Lipinski definition) is 3. The minimum absolute atomic E-state index is 0.155. The lowest BCUT2D eigenvalue weighted by atomic mass is 10.1. The lowest BCUT2D eigenvalue weighted by Gasteiger charge is -2.18. The number of nitrogens with zero attached hydrogens (tertiary/aromatic N) is 3. The van der Waals surface area contributed by atoms with Crippen LogP contribution in [0.2, 0.25) is 0 Å². The molecule has 0 fully saturated rings. The highest BCUT2D eigenvalue weighted by Crippen LogP contribution is 2.33. The Kier molecular flexibility index (Phi) is 3.08. The number of carbonyl (C=O) groups is 2. The zero-order valence-corrected chi connectivity index (χ0v) is 11.8. The third kappa shape index (κ3) is 2.12. The molecule has 3 rings (SSSR count). The standard InChI is InChI=1S/C15H14FN3O2/c1-9-7-10(16)8-12-13(9)19(15(21)14(12)20)6-4-11-3-5-17-18(11)2/h3,5,7-8H,4,6H2,1-2H3. The number of rotatable bonds is 3. The van der Waals surface area contributed by atoms with Crippen LogP contribution in [0.15, 0.2) is 24.4 Å². The van der Waals surface area contributed by atoms with E-state index in [1.54, 1.807) is 17.8 Å². The summed E-state index contributed by atoms with van der Waals surface area (Å²) in [5, 5.41) is 4.07. The van der Waals surface area contributed by atoms with Gasteiger partial charge in [0.1, 0.15) is 5.82 Å². The van der Waals surface area contributed by atoms with Crippen LogP contribution in [0, 0.1) is 12.7 Å². The molecule has 0 bridgehead atoms. The Morgan fingerprint density at radius 1 is 1.29 bits per heavy atom. The Morgan fingerprint density at radius 3 is 2.71 bits per heavy atom. The Hall–Kier alpha value is -2.50. The fraction of sp³-hybridized carbons (Fsp3) is 0.267. The van der Waals surface area contributed by atoms with Crippen LogP contribution in [-0.2, 0) is 18.3 Å². The molecule has 21 heavy (non-hydrogen) atoms. The Bertz CT molecular complexity index is 751. The molecule has 0 saturated heterocycles. The fourth-order valence-electron chi connectivity index (χ4n) is 2.69. The number of hydrogen-bond donors (Lipinski definition) is 0. The van der Waals surface area contributed by atoms with E-state index in [0.29, 0.717) is 24.2 Å². The summed E-state index contributed by atoms with van der Waals surface area (Å²) in [6.45, 7) is 2.06. The molecule has 5 nitrogen and oxygen atoms in total. The minimum Gasteiger partial charge on any atom is -0.304 e. The summed E-state index contributed by atoms with van der Waals surface area (Å²) >= 11 is 0. The van der Waals surface area contributed by atoms with E-state index in [9.17, 15) is 14.0 Å². The molecule has 2 aromatic rings. The van der Waals surface area contributed by atoms with Crippen LogP contribution in [0.5, 0.6) is 0 Å². The predicted molar refractivity (Wildman–Crippen MR) is 74.7 cm³/mol. The van der Waals surface area contributed by atoms with Crippen LogP contribution in [0.4, 0.5) is 10.1 Å². The highest BCUT2D eigenvalue weighted by Gasteiger charge is 2.37. The maximum Gasteiger partial charge on any atom is 0.299 e. The van der Waals surface area contributed by atoms with Crippen LogP contribution in [0.25, 0.3) is 0 Å². The van der Waals surface area contributed by atoms with Gasteiger partial charge in [-0.3, -0.25) is 14.3 Å². The molecule has 1 aromatic heterocycles. The summed E-state index contributed by atoms with van der Waals surface area (Å²) < 4.78 is 15.1. The molecule has 0 spiro atoms. The van der Waals surface area contributed by atoms with Crippen LogP contribution in [-0.4, -0.2) is 28.0 Å². The number of amides is 1. The Balaban J connectivity index is 1.93. The van der Waals surface area contributed by atoms with E-state index < -0.39 is 17.5 Å². The molecule has 1 amide bonds. The van der Waals surface area contributed by atoms with Crippen molar-refractivity contribution in [1.29, 1.82) is 0 Å². The van der Waals surface area contributed by atoms with Gasteiger partial charge in [-0.15, -0.1) is 0 Å². The third-order valence-electron chi connectivity index (χ3n) is 3.73. The predicted octanol–water partition coefficient (Wildman–Crippen LogP) is 1.64. The molecule has 1 aliphatic heterocycles. The van der Waals surface area contributed by atoms with E-state index in [0.717, 1.165) is 11.8 Å². The second-order valence-corrected chi connectivity index (χ2v) is 5.10. The van der Waals surface area contributed by atoms with E-state index in [1.807, 2.05) is 13.1 Å². The molecule has 0 radical (unpaired) electrons. The van der Waals surface area contributed by atoms with Gasteiger partial charge in [0.2, 0.25) is 0 Å². The maximum absolute atomic E-state index is 13.4. The molecule has 6 heteroatoms. The van der Waals surface area contributed by atoms with Crippen LogP contribution < -0.4 is 4.90 Å². The van der Waals surface area contributed by atoms with Crippen molar-refractivity contribution in [2.45, 2.75) is 13.3 Å². The average Bonchev–Trinajstić information content (AvgIpc) is 2.93. The number of halogens is 1. The summed E-state index contributed by atoms with van der Waals surface area (Å²) in [6, 6.07) is 4.33. The monoisotopic (exact) mass is 287 g/mol. The number of ketones is 1. The Labute approximate surface area is 121 Å². The average molecular weight is 287 g/mol. The lowest BCUT2D eigenvalue weighted by Crippen LogP contribution is -2.32. The van der Waals surface area contributed by atoms with E-state index in [4.69, 9.17) is 0 Å². The van der Waals surface area contributed by atoms with Crippen LogP contribution in [0.3, 0.4) is 0 Å². The number of Topliss-reactive ketones (excluding diaryl/α,β-unsaturated/α-hetero) is 1. The summed E-state index contributed by atoms with van der Waals surface area (Å²) in [5.41, 5.74) is 2.23. The highest BCUT2D eigenvalue weighted by molar-refractivity contribution is 6.52. The van der Waals surface area contributed by atoms with Gasteiger partial charge < -0.3 is 4.90 Å². The SMILES string of the molecule is Cc1cc(F)cc2c1N(CCc1ccnn1C)C(=O)C2=O. The Morgan fingerprint density at radius 2 is 2.05 bits per heavy atom. The summed E-state index contributed by atoms with van der Waals surface area (Å²) in [7, 11) is 1.82. The topological polar surface area (TPSA) is 55.2 Å². The summed E-state index contributed by atoms with van der Waals surface area (Å²) in [6.07, 6.45) is 2.26. The van der Waals surface area contributed by atoms with Crippen molar-refractivity contribution in [3.05, 3.63) is 47.0 Å². The van der Waals surface area contributed by atoms with Gasteiger partial charge in [0.05, 0.1) is 11.3 Å². The third-order valence-corrected chi connectivity index (χ3v) is 3.73. The number of anilines is 1. The summed E-state index contributed by atoms with van der Waals surface area (Å²) in [4.78, 5) is 25.5. The number of fused-ring (bicyclic) bond motifs is 1. The lowest BCUT2D eigenvalue weighted by molar-refractivity contribution is -0.114. The number of carbonyl (C=O) groups excluding carboxylic acids is 2. The molecular formula is C15H14FN3O2. The van der Waals surface area contributed by atoms with Gasteiger partial charge in [-0.25, -0.2) is 4.39 Å². The van der Waals surface area contributed by atoms with Crippen molar-refractivity contribution in [3.63, 3.8) is 0 Å². The summed E-state index contributed by atoms with van der Waals surface area (Å²) in [5.74, 6) is -1.74. The van der Waals surface area contributed by atoms with Crippen LogP contribution in [0.1, 0.15) is 21.6 Å². The van der Waals surface area contributed by atoms with Crippen molar-refractivity contribution in [1.82, 2.24) is 9.78 Å². The van der Waals surface area contributed by atoms with E-state index in [-0.39, 0.29) is 5.56 Å². The van der Waals surface area contributed by atoms with E-state index >= 15 is 0 Å². The first kappa shape index (κ1) is 13.5. The zero-order chi connectivity index (χ0) is 15.1. The first-order valence-electron chi connectivity index (χ1n) is 6.62. The number of benzene rings is 1. The number of aryl methyl sites for hydroxylation is 2. The van der Waals surface area contributed by atoms with Crippen molar-refractivity contribution >= 4 is 17.4 Å². The van der Waals surface area contributed by atoms with Crippen molar-refractivity contribution in [2.24, 2.45) is 7.05 Å². The quantitative estimate of drug-likeness (QED) is 0.806. The number of aromatic nitrogens is 2. The van der Waals surface area contributed by atoms with Gasteiger partial charge in [-0.05, 0) is 30.7 Å².